The summed E-state index contributed by atoms with van der Waals surface area (Å²) in [5.41, 5.74) is 4.19. The summed E-state index contributed by atoms with van der Waals surface area (Å²) in [7, 11) is 0. The molecule has 0 saturated heterocycles. The number of para-hydroxylation sites is 1. The van der Waals surface area contributed by atoms with E-state index in [1.165, 1.54) is 5.56 Å². The second kappa shape index (κ2) is 9.74. The average Bonchev–Trinajstić information content (AvgIpc) is 2.82. The molecule has 0 aliphatic heterocycles. The van der Waals surface area contributed by atoms with Crippen LogP contribution in [-0.2, 0) is 4.79 Å². The molecule has 0 fully saturated rings. The number of nitrogens with one attached hydrogen (secondary N) is 1. The minimum Gasteiger partial charge on any atom is -0.484 e. The fourth-order valence-corrected chi connectivity index (χ4v) is 3.77. The Balaban J connectivity index is 1.43. The number of hydrogen-bond acceptors (Lipinski definition) is 4. The summed E-state index contributed by atoms with van der Waals surface area (Å²) in [5, 5.41) is 3.71. The molecular weight excluding hydrogens is 414 g/mol. The molecule has 1 N–H and O–H groups in total. The Morgan fingerprint density at radius 2 is 1.76 bits per heavy atom. The lowest BCUT2D eigenvalue weighted by atomic mass is 9.99. The number of carbonyl (C=O) groups is 1. The van der Waals surface area contributed by atoms with Crippen LogP contribution in [0.4, 0.5) is 5.69 Å². The molecule has 0 aliphatic rings. The normalized spacial score (nSPS) is 11.8. The zero-order valence-corrected chi connectivity index (χ0v) is 19.1. The summed E-state index contributed by atoms with van der Waals surface area (Å²) >= 11 is 0. The summed E-state index contributed by atoms with van der Waals surface area (Å²) in [4.78, 5) is 24.9. The van der Waals surface area contributed by atoms with E-state index in [1.54, 1.807) is 12.1 Å². The Labute approximate surface area is 193 Å². The van der Waals surface area contributed by atoms with Gasteiger partial charge < -0.3 is 14.5 Å². The van der Waals surface area contributed by atoms with Gasteiger partial charge >= 0.3 is 5.63 Å². The van der Waals surface area contributed by atoms with Crippen molar-refractivity contribution >= 4 is 22.6 Å². The first kappa shape index (κ1) is 22.3. The maximum absolute atomic E-state index is 12.5. The van der Waals surface area contributed by atoms with Gasteiger partial charge in [-0.1, -0.05) is 50.2 Å². The van der Waals surface area contributed by atoms with E-state index in [-0.39, 0.29) is 18.1 Å². The van der Waals surface area contributed by atoms with Gasteiger partial charge in [0.15, 0.2) is 6.61 Å². The Morgan fingerprint density at radius 1 is 1.00 bits per heavy atom. The van der Waals surface area contributed by atoms with E-state index in [1.807, 2.05) is 67.6 Å². The molecular formula is C28H27NO4. The quantitative estimate of drug-likeness (QED) is 0.342. The van der Waals surface area contributed by atoms with Gasteiger partial charge in [0.05, 0.1) is 5.56 Å². The molecule has 0 saturated carbocycles. The Kier molecular flexibility index (Phi) is 6.59. The SMILES string of the molecule is CCC(C)c1ccc(OCC(=O)Nc2ccc(-c3cc4ccccc4oc3=O)c(C)c2)cc1. The highest BCUT2D eigenvalue weighted by molar-refractivity contribution is 5.92. The third-order valence-electron chi connectivity index (χ3n) is 5.87. The van der Waals surface area contributed by atoms with Crippen molar-refractivity contribution in [3.63, 3.8) is 0 Å². The molecule has 0 spiro atoms. The van der Waals surface area contributed by atoms with E-state index < -0.39 is 0 Å². The molecule has 0 aliphatic carbocycles. The first-order valence-electron chi connectivity index (χ1n) is 11.1. The molecule has 168 valence electrons. The van der Waals surface area contributed by atoms with Crippen molar-refractivity contribution in [1.82, 2.24) is 0 Å². The molecule has 4 aromatic rings. The topological polar surface area (TPSA) is 68.5 Å². The molecule has 4 rings (SSSR count). The number of anilines is 1. The van der Waals surface area contributed by atoms with E-state index in [2.05, 4.69) is 19.2 Å². The fourth-order valence-electron chi connectivity index (χ4n) is 3.77. The summed E-state index contributed by atoms with van der Waals surface area (Å²) in [6.45, 7) is 6.15. The third-order valence-corrected chi connectivity index (χ3v) is 5.87. The van der Waals surface area contributed by atoms with Crippen molar-refractivity contribution < 1.29 is 13.9 Å². The highest BCUT2D eigenvalue weighted by atomic mass is 16.5. The minimum atomic E-state index is -0.388. The molecule has 33 heavy (non-hydrogen) atoms. The number of benzene rings is 3. The van der Waals surface area contributed by atoms with E-state index in [0.717, 1.165) is 22.9 Å². The lowest BCUT2D eigenvalue weighted by Crippen LogP contribution is -2.20. The van der Waals surface area contributed by atoms with Gasteiger partial charge in [0.2, 0.25) is 0 Å². The Morgan fingerprint density at radius 3 is 2.48 bits per heavy atom. The lowest BCUT2D eigenvalue weighted by molar-refractivity contribution is -0.118. The van der Waals surface area contributed by atoms with Crippen LogP contribution in [-0.4, -0.2) is 12.5 Å². The molecule has 3 aromatic carbocycles. The highest BCUT2D eigenvalue weighted by Crippen LogP contribution is 2.26. The smallest absolute Gasteiger partial charge is 0.344 e. The van der Waals surface area contributed by atoms with Crippen LogP contribution in [0.15, 0.2) is 82.0 Å². The van der Waals surface area contributed by atoms with Gasteiger partial charge in [-0.05, 0) is 72.4 Å². The number of carbonyl (C=O) groups excluding carboxylic acids is 1. The molecule has 1 unspecified atom stereocenters. The molecule has 5 heteroatoms. The van der Waals surface area contributed by atoms with Crippen LogP contribution in [0.2, 0.25) is 0 Å². The van der Waals surface area contributed by atoms with Gasteiger partial charge in [0.25, 0.3) is 5.91 Å². The molecule has 0 radical (unpaired) electrons. The molecule has 1 aromatic heterocycles. The standard InChI is InChI=1S/C28H27NO4/c1-4-18(2)20-9-12-23(13-10-20)32-17-27(30)29-22-11-14-24(19(3)15-22)25-16-21-7-5-6-8-26(21)33-28(25)31/h5-16,18H,4,17H2,1-3H3,(H,29,30). The van der Waals surface area contributed by atoms with Crippen molar-refractivity contribution in [2.75, 3.05) is 11.9 Å². The van der Waals surface area contributed by atoms with Crippen molar-refractivity contribution in [3.05, 3.63) is 94.3 Å². The summed E-state index contributed by atoms with van der Waals surface area (Å²) in [6.07, 6.45) is 1.08. The number of hydrogen-bond donors (Lipinski definition) is 1. The second-order valence-electron chi connectivity index (χ2n) is 8.23. The number of aryl methyl sites for hydroxylation is 1. The maximum atomic E-state index is 12.5. The monoisotopic (exact) mass is 441 g/mol. The number of rotatable bonds is 7. The van der Waals surface area contributed by atoms with Crippen molar-refractivity contribution in [2.45, 2.75) is 33.1 Å². The van der Waals surface area contributed by atoms with E-state index in [4.69, 9.17) is 9.15 Å². The van der Waals surface area contributed by atoms with E-state index in [9.17, 15) is 9.59 Å². The number of fused-ring (bicyclic) bond motifs is 1. The van der Waals surface area contributed by atoms with Gasteiger partial charge in [-0.25, -0.2) is 4.79 Å². The minimum absolute atomic E-state index is 0.0856. The van der Waals surface area contributed by atoms with Crippen molar-refractivity contribution in [3.8, 4) is 16.9 Å². The van der Waals surface area contributed by atoms with Gasteiger partial charge in [-0.15, -0.1) is 0 Å². The lowest BCUT2D eigenvalue weighted by Gasteiger charge is -2.12. The number of amides is 1. The van der Waals surface area contributed by atoms with Gasteiger partial charge in [0, 0.05) is 11.1 Å². The average molecular weight is 442 g/mol. The second-order valence-corrected chi connectivity index (χ2v) is 8.23. The summed E-state index contributed by atoms with van der Waals surface area (Å²) in [6, 6.07) is 22.5. The van der Waals surface area contributed by atoms with Crippen LogP contribution in [0.5, 0.6) is 5.75 Å². The molecule has 1 amide bonds. The Bertz CT molecular complexity index is 1340. The zero-order valence-electron chi connectivity index (χ0n) is 19.1. The van der Waals surface area contributed by atoms with Crippen LogP contribution >= 0.6 is 0 Å². The highest BCUT2D eigenvalue weighted by Gasteiger charge is 2.12. The first-order chi connectivity index (χ1) is 15.9. The zero-order chi connectivity index (χ0) is 23.4. The van der Waals surface area contributed by atoms with Gasteiger partial charge in [-0.3, -0.25) is 4.79 Å². The third kappa shape index (κ3) is 5.14. The molecule has 1 heterocycles. The molecule has 5 nitrogen and oxygen atoms in total. The van der Waals surface area contributed by atoms with Crippen molar-refractivity contribution in [2.24, 2.45) is 0 Å². The van der Waals surface area contributed by atoms with Crippen LogP contribution in [0.3, 0.4) is 0 Å². The molecule has 0 bridgehead atoms. The van der Waals surface area contributed by atoms with Crippen LogP contribution in [0.1, 0.15) is 37.3 Å². The van der Waals surface area contributed by atoms with Gasteiger partial charge in [-0.2, -0.15) is 0 Å². The van der Waals surface area contributed by atoms with E-state index >= 15 is 0 Å². The number of ether oxygens (including phenoxy) is 1. The van der Waals surface area contributed by atoms with Crippen LogP contribution in [0.25, 0.3) is 22.1 Å². The first-order valence-corrected chi connectivity index (χ1v) is 11.1. The Hall–Kier alpha value is -3.86. The summed E-state index contributed by atoms with van der Waals surface area (Å²) < 4.78 is 11.1. The van der Waals surface area contributed by atoms with E-state index in [0.29, 0.717) is 28.5 Å². The predicted molar refractivity (Wildman–Crippen MR) is 132 cm³/mol. The summed E-state index contributed by atoms with van der Waals surface area (Å²) in [5.74, 6) is 0.902. The van der Waals surface area contributed by atoms with Crippen molar-refractivity contribution in [1.29, 1.82) is 0 Å². The van der Waals surface area contributed by atoms with Crippen LogP contribution < -0.4 is 15.7 Å². The molecule has 1 atom stereocenters. The predicted octanol–water partition coefficient (Wildman–Crippen LogP) is 6.30. The largest absolute Gasteiger partial charge is 0.484 e. The fraction of sp³-hybridized carbons (Fsp3) is 0.214. The van der Waals surface area contributed by atoms with Gasteiger partial charge in [0.1, 0.15) is 11.3 Å². The maximum Gasteiger partial charge on any atom is 0.344 e. The van der Waals surface area contributed by atoms with Crippen LogP contribution in [0, 0.1) is 6.92 Å².